The van der Waals surface area contributed by atoms with Crippen molar-refractivity contribution in [3.8, 4) is 0 Å². The van der Waals surface area contributed by atoms with Gasteiger partial charge in [-0.3, -0.25) is 0 Å². The van der Waals surface area contributed by atoms with Crippen LogP contribution in [0.25, 0.3) is 0 Å². The third-order valence-corrected chi connectivity index (χ3v) is 10.8. The molecule has 4 fully saturated rings. The van der Waals surface area contributed by atoms with E-state index in [1.54, 1.807) is 12.8 Å². The molecule has 1 unspecified atom stereocenters. The topological polar surface area (TPSA) is 0 Å². The van der Waals surface area contributed by atoms with Crippen molar-refractivity contribution in [1.29, 1.82) is 0 Å². The van der Waals surface area contributed by atoms with E-state index in [-0.39, 0.29) is 0 Å². The van der Waals surface area contributed by atoms with Crippen LogP contribution in [0.3, 0.4) is 0 Å². The molecular weight excluding hydrogens is 336 g/mol. The molecule has 0 aliphatic heterocycles. The van der Waals surface area contributed by atoms with Crippen molar-refractivity contribution in [3.05, 3.63) is 23.8 Å². The first-order valence-electron chi connectivity index (χ1n) is 12.6. The monoisotopic (exact) mass is 382 g/mol. The Hall–Kier alpha value is -0.520. The summed E-state index contributed by atoms with van der Waals surface area (Å²) in [5.74, 6) is 5.92. The molecule has 0 spiro atoms. The Bertz CT molecular complexity index is 626. The van der Waals surface area contributed by atoms with Crippen LogP contribution in [0.5, 0.6) is 0 Å². The van der Waals surface area contributed by atoms with Crippen LogP contribution in [0.4, 0.5) is 0 Å². The minimum atomic E-state index is 0.614. The average Bonchev–Trinajstić information content (AvgIpc) is 3.02. The highest BCUT2D eigenvalue weighted by Crippen LogP contribution is 2.68. The van der Waals surface area contributed by atoms with Gasteiger partial charge in [0, 0.05) is 0 Å². The summed E-state index contributed by atoms with van der Waals surface area (Å²) in [5.41, 5.74) is 3.94. The normalized spacial score (nSPS) is 47.0. The molecule has 0 aromatic rings. The molecule has 0 bridgehead atoms. The fourth-order valence-corrected chi connectivity index (χ4v) is 8.97. The van der Waals surface area contributed by atoms with Gasteiger partial charge in [-0.25, -0.2) is 0 Å². The minimum Gasteiger partial charge on any atom is -0.0959 e. The van der Waals surface area contributed by atoms with Gasteiger partial charge in [-0.05, 0) is 118 Å². The van der Waals surface area contributed by atoms with E-state index in [9.17, 15) is 0 Å². The number of rotatable bonds is 4. The summed E-state index contributed by atoms with van der Waals surface area (Å²) in [6.45, 7) is 16.5. The van der Waals surface area contributed by atoms with E-state index in [1.807, 2.05) is 0 Å². The van der Waals surface area contributed by atoms with Crippen LogP contribution in [0.1, 0.15) is 105 Å². The van der Waals surface area contributed by atoms with Gasteiger partial charge in [0.25, 0.3) is 0 Å². The van der Waals surface area contributed by atoms with Crippen molar-refractivity contribution in [2.75, 3.05) is 0 Å². The van der Waals surface area contributed by atoms with Gasteiger partial charge in [-0.2, -0.15) is 0 Å². The molecule has 0 aromatic heterocycles. The van der Waals surface area contributed by atoms with E-state index in [2.05, 4.69) is 47.3 Å². The van der Waals surface area contributed by atoms with Crippen LogP contribution in [-0.2, 0) is 0 Å². The van der Waals surface area contributed by atoms with Crippen LogP contribution in [-0.4, -0.2) is 0 Å². The van der Waals surface area contributed by atoms with Crippen LogP contribution < -0.4 is 0 Å². The highest BCUT2D eigenvalue weighted by molar-refractivity contribution is 5.23. The van der Waals surface area contributed by atoms with E-state index in [0.717, 1.165) is 35.5 Å². The Morgan fingerprint density at radius 3 is 2.43 bits per heavy atom. The van der Waals surface area contributed by atoms with Gasteiger partial charge in [0.1, 0.15) is 0 Å². The summed E-state index contributed by atoms with van der Waals surface area (Å²) in [4.78, 5) is 0. The number of hydrogen-bond donors (Lipinski definition) is 0. The third-order valence-electron chi connectivity index (χ3n) is 10.8. The zero-order valence-electron chi connectivity index (χ0n) is 19.5. The molecule has 0 radical (unpaired) electrons. The highest BCUT2D eigenvalue weighted by Gasteiger charge is 2.59. The van der Waals surface area contributed by atoms with Crippen LogP contribution in [0.2, 0.25) is 0 Å². The summed E-state index contributed by atoms with van der Waals surface area (Å²) in [7, 11) is 0. The fraction of sp³-hybridized carbons (Fsp3) is 0.857. The zero-order valence-corrected chi connectivity index (χ0v) is 19.5. The molecular formula is C28H46. The third kappa shape index (κ3) is 3.26. The van der Waals surface area contributed by atoms with E-state index >= 15 is 0 Å². The minimum absolute atomic E-state index is 0.614. The fourth-order valence-electron chi connectivity index (χ4n) is 8.97. The number of hydrogen-bond acceptors (Lipinski definition) is 0. The molecule has 0 heterocycles. The number of allylic oxidation sites excluding steroid dienone is 3. The summed E-state index contributed by atoms with van der Waals surface area (Å²) in [6, 6.07) is 0. The van der Waals surface area contributed by atoms with Crippen LogP contribution in [0.15, 0.2) is 23.8 Å². The SMILES string of the molecule is C=C(C)C(C)=CC[C@@H](C)[C@H]1CC[C@H]2[C@@H]3CCC4CCCC[C@]4(C)[C@H]3CC[C@]12C. The van der Waals surface area contributed by atoms with Gasteiger partial charge in [0.15, 0.2) is 0 Å². The molecule has 0 N–H and O–H groups in total. The smallest absolute Gasteiger partial charge is 0.0264 e. The first-order valence-corrected chi connectivity index (χ1v) is 12.6. The summed E-state index contributed by atoms with van der Waals surface area (Å²) < 4.78 is 0. The van der Waals surface area contributed by atoms with Gasteiger partial charge in [0.2, 0.25) is 0 Å². The predicted octanol–water partition coefficient (Wildman–Crippen LogP) is 8.58. The maximum absolute atomic E-state index is 4.13. The van der Waals surface area contributed by atoms with Crippen LogP contribution >= 0.6 is 0 Å². The van der Waals surface area contributed by atoms with Crippen molar-refractivity contribution in [1.82, 2.24) is 0 Å². The van der Waals surface area contributed by atoms with Crippen molar-refractivity contribution >= 4 is 0 Å². The molecule has 4 aliphatic carbocycles. The van der Waals surface area contributed by atoms with E-state index in [4.69, 9.17) is 0 Å². The Labute approximate surface area is 175 Å². The molecule has 4 saturated carbocycles. The second-order valence-electron chi connectivity index (χ2n) is 12.0. The molecule has 8 atom stereocenters. The van der Waals surface area contributed by atoms with Gasteiger partial charge in [-0.15, -0.1) is 0 Å². The number of fused-ring (bicyclic) bond motifs is 5. The highest BCUT2D eigenvalue weighted by atomic mass is 14.6. The molecule has 0 amide bonds. The first kappa shape index (κ1) is 20.7. The van der Waals surface area contributed by atoms with Gasteiger partial charge in [0.05, 0.1) is 0 Å². The van der Waals surface area contributed by atoms with Gasteiger partial charge < -0.3 is 0 Å². The molecule has 4 aliphatic rings. The Morgan fingerprint density at radius 2 is 1.68 bits per heavy atom. The summed E-state index contributed by atoms with van der Waals surface area (Å²) in [5, 5.41) is 0. The second-order valence-corrected chi connectivity index (χ2v) is 12.0. The van der Waals surface area contributed by atoms with E-state index in [1.165, 1.54) is 68.9 Å². The standard InChI is InChI=1S/C28H46/c1-19(2)20(3)10-11-21(4)24-14-15-25-23-13-12-22-9-7-8-17-27(22,5)26(23)16-18-28(24,25)6/h10,21-26H,1,7-9,11-18H2,2-6H3/t21-,22?,23+,24-,25+,26+,27+,28-/m1/s1. The Balaban J connectivity index is 1.50. The average molecular weight is 383 g/mol. The molecule has 4 rings (SSSR count). The molecule has 0 aromatic carbocycles. The lowest BCUT2D eigenvalue weighted by Gasteiger charge is -2.61. The lowest BCUT2D eigenvalue weighted by Crippen LogP contribution is -2.53. The van der Waals surface area contributed by atoms with Gasteiger partial charge in [-0.1, -0.05) is 57.4 Å². The molecule has 0 heteroatoms. The van der Waals surface area contributed by atoms with Crippen LogP contribution in [0, 0.1) is 46.3 Å². The van der Waals surface area contributed by atoms with Gasteiger partial charge >= 0.3 is 0 Å². The van der Waals surface area contributed by atoms with Crippen molar-refractivity contribution in [3.63, 3.8) is 0 Å². The summed E-state index contributed by atoms with van der Waals surface area (Å²) >= 11 is 0. The lowest BCUT2D eigenvalue weighted by molar-refractivity contribution is -0.114. The van der Waals surface area contributed by atoms with E-state index in [0.29, 0.717) is 10.8 Å². The largest absolute Gasteiger partial charge is 0.0959 e. The molecule has 158 valence electrons. The zero-order chi connectivity index (χ0) is 20.1. The molecule has 0 saturated heterocycles. The lowest BCUT2D eigenvalue weighted by atomic mass is 9.44. The van der Waals surface area contributed by atoms with Crippen molar-refractivity contribution < 1.29 is 0 Å². The first-order chi connectivity index (χ1) is 13.3. The van der Waals surface area contributed by atoms with Crippen molar-refractivity contribution in [2.45, 2.75) is 105 Å². The Morgan fingerprint density at radius 1 is 0.929 bits per heavy atom. The predicted molar refractivity (Wildman–Crippen MR) is 122 cm³/mol. The van der Waals surface area contributed by atoms with Crippen molar-refractivity contribution in [2.24, 2.45) is 46.3 Å². The van der Waals surface area contributed by atoms with E-state index < -0.39 is 0 Å². The summed E-state index contributed by atoms with van der Waals surface area (Å²) in [6.07, 6.45) is 19.0. The maximum Gasteiger partial charge on any atom is -0.0264 e. The molecule has 28 heavy (non-hydrogen) atoms. The maximum atomic E-state index is 4.13. The second kappa shape index (κ2) is 7.63. The quantitative estimate of drug-likeness (QED) is 0.427. The Kier molecular flexibility index (Phi) is 5.65. The molecule has 0 nitrogen and oxygen atoms in total.